The molecule has 1 saturated heterocycles. The molecule has 108 valence electrons. The molecule has 6 heteroatoms. The van der Waals surface area contributed by atoms with E-state index in [-0.39, 0.29) is 17.4 Å². The summed E-state index contributed by atoms with van der Waals surface area (Å²) in [7, 11) is 0. The van der Waals surface area contributed by atoms with E-state index >= 15 is 0 Å². The molecule has 1 aliphatic rings. The molecule has 2 amide bonds. The van der Waals surface area contributed by atoms with Gasteiger partial charge in [0.1, 0.15) is 5.82 Å². The van der Waals surface area contributed by atoms with E-state index in [1.165, 1.54) is 25.1 Å². The number of amides is 2. The molecule has 0 atom stereocenters. The van der Waals surface area contributed by atoms with Gasteiger partial charge >= 0.3 is 0 Å². The molecule has 1 heterocycles. The highest BCUT2D eigenvalue weighted by Crippen LogP contribution is 2.17. The smallest absolute Gasteiger partial charge is 0.256 e. The van der Waals surface area contributed by atoms with Gasteiger partial charge in [0, 0.05) is 32.2 Å². The number of rotatable bonds is 2. The zero-order valence-electron chi connectivity index (χ0n) is 11.4. The van der Waals surface area contributed by atoms with Crippen LogP contribution in [0.25, 0.3) is 0 Å². The molecule has 0 unspecified atom stereocenters. The maximum Gasteiger partial charge on any atom is 0.256 e. The third kappa shape index (κ3) is 3.54. The Labute approximate surface area is 117 Å². The number of hydrogen-bond acceptors (Lipinski definition) is 3. The molecule has 1 aromatic carbocycles. The van der Waals surface area contributed by atoms with Crippen molar-refractivity contribution in [3.63, 3.8) is 0 Å². The van der Waals surface area contributed by atoms with E-state index in [0.717, 1.165) is 13.0 Å². The second kappa shape index (κ2) is 6.47. The van der Waals surface area contributed by atoms with Crippen molar-refractivity contribution < 1.29 is 14.0 Å². The molecule has 0 bridgehead atoms. The molecule has 5 nitrogen and oxygen atoms in total. The van der Waals surface area contributed by atoms with Crippen LogP contribution in [-0.4, -0.2) is 42.9 Å². The van der Waals surface area contributed by atoms with Gasteiger partial charge in [-0.1, -0.05) is 0 Å². The summed E-state index contributed by atoms with van der Waals surface area (Å²) in [5.41, 5.74) is 0.424. The number of halogens is 1. The van der Waals surface area contributed by atoms with Crippen LogP contribution in [0.15, 0.2) is 18.2 Å². The summed E-state index contributed by atoms with van der Waals surface area (Å²) in [6.45, 7) is 4.10. The first-order valence-electron chi connectivity index (χ1n) is 6.65. The van der Waals surface area contributed by atoms with Crippen molar-refractivity contribution in [2.24, 2.45) is 0 Å². The fourth-order valence-electron chi connectivity index (χ4n) is 2.19. The SMILES string of the molecule is CC(=O)Nc1ccc(F)c(C(=O)N2CCCNCC2)c1. The van der Waals surface area contributed by atoms with Gasteiger partial charge in [0.05, 0.1) is 5.56 Å². The predicted molar refractivity (Wildman–Crippen MR) is 74.1 cm³/mol. The van der Waals surface area contributed by atoms with Crippen molar-refractivity contribution in [2.45, 2.75) is 13.3 Å². The van der Waals surface area contributed by atoms with E-state index in [1.807, 2.05) is 0 Å². The maximum absolute atomic E-state index is 13.8. The van der Waals surface area contributed by atoms with Crippen molar-refractivity contribution in [3.05, 3.63) is 29.6 Å². The van der Waals surface area contributed by atoms with E-state index in [1.54, 1.807) is 4.90 Å². The van der Waals surface area contributed by atoms with Gasteiger partial charge in [0.2, 0.25) is 5.91 Å². The lowest BCUT2D eigenvalue weighted by molar-refractivity contribution is -0.114. The van der Waals surface area contributed by atoms with E-state index < -0.39 is 5.82 Å². The van der Waals surface area contributed by atoms with E-state index in [9.17, 15) is 14.0 Å². The highest BCUT2D eigenvalue weighted by atomic mass is 19.1. The number of anilines is 1. The maximum atomic E-state index is 13.8. The summed E-state index contributed by atoms with van der Waals surface area (Å²) in [6, 6.07) is 4.03. The van der Waals surface area contributed by atoms with Crippen molar-refractivity contribution in [3.8, 4) is 0 Å². The van der Waals surface area contributed by atoms with Gasteiger partial charge in [-0.2, -0.15) is 0 Å². The van der Waals surface area contributed by atoms with Crippen molar-refractivity contribution in [2.75, 3.05) is 31.5 Å². The Kier molecular flexibility index (Phi) is 4.68. The van der Waals surface area contributed by atoms with Crippen LogP contribution >= 0.6 is 0 Å². The standard InChI is InChI=1S/C14H18FN3O2/c1-10(19)17-11-3-4-13(15)12(9-11)14(20)18-7-2-5-16-6-8-18/h3-4,9,16H,2,5-8H2,1H3,(H,17,19). The average Bonchev–Trinajstić information content (AvgIpc) is 2.68. The number of nitrogens with one attached hydrogen (secondary N) is 2. The molecule has 2 rings (SSSR count). The Morgan fingerprint density at radius 2 is 2.10 bits per heavy atom. The van der Waals surface area contributed by atoms with Crippen LogP contribution in [0.4, 0.5) is 10.1 Å². The molecule has 2 N–H and O–H groups in total. The molecule has 1 fully saturated rings. The molecular weight excluding hydrogens is 261 g/mol. The number of carbonyl (C=O) groups is 2. The minimum Gasteiger partial charge on any atom is -0.337 e. The molecular formula is C14H18FN3O2. The van der Waals surface area contributed by atoms with Crippen molar-refractivity contribution in [1.82, 2.24) is 10.2 Å². The van der Waals surface area contributed by atoms with Gasteiger partial charge in [-0.3, -0.25) is 9.59 Å². The molecule has 0 aliphatic carbocycles. The van der Waals surface area contributed by atoms with Gasteiger partial charge in [-0.15, -0.1) is 0 Å². The minimum absolute atomic E-state index is 0.00171. The van der Waals surface area contributed by atoms with Crippen molar-refractivity contribution in [1.29, 1.82) is 0 Å². The Morgan fingerprint density at radius 1 is 1.30 bits per heavy atom. The molecule has 0 spiro atoms. The first-order chi connectivity index (χ1) is 9.58. The lowest BCUT2D eigenvalue weighted by atomic mass is 10.1. The zero-order valence-corrected chi connectivity index (χ0v) is 11.4. The summed E-state index contributed by atoms with van der Waals surface area (Å²) < 4.78 is 13.8. The van der Waals surface area contributed by atoms with E-state index in [0.29, 0.717) is 25.3 Å². The van der Waals surface area contributed by atoms with Crippen LogP contribution in [-0.2, 0) is 4.79 Å². The van der Waals surface area contributed by atoms with Crippen LogP contribution in [0.1, 0.15) is 23.7 Å². The highest BCUT2D eigenvalue weighted by Gasteiger charge is 2.20. The van der Waals surface area contributed by atoms with Crippen molar-refractivity contribution >= 4 is 17.5 Å². The third-order valence-electron chi connectivity index (χ3n) is 3.14. The molecule has 0 radical (unpaired) electrons. The molecule has 20 heavy (non-hydrogen) atoms. The first-order valence-corrected chi connectivity index (χ1v) is 6.65. The highest BCUT2D eigenvalue weighted by molar-refractivity contribution is 5.97. The van der Waals surface area contributed by atoms with Gasteiger partial charge < -0.3 is 15.5 Å². The van der Waals surface area contributed by atoms with Crippen LogP contribution in [0, 0.1) is 5.82 Å². The van der Waals surface area contributed by atoms with E-state index in [2.05, 4.69) is 10.6 Å². The monoisotopic (exact) mass is 279 g/mol. The average molecular weight is 279 g/mol. The quantitative estimate of drug-likeness (QED) is 0.855. The molecule has 1 aliphatic heterocycles. The van der Waals surface area contributed by atoms with Gasteiger partial charge in [0.25, 0.3) is 5.91 Å². The summed E-state index contributed by atoms with van der Waals surface area (Å²) in [5.74, 6) is -1.16. The minimum atomic E-state index is -0.568. The summed E-state index contributed by atoms with van der Waals surface area (Å²) >= 11 is 0. The van der Waals surface area contributed by atoms with Crippen LogP contribution in [0.5, 0.6) is 0 Å². The zero-order chi connectivity index (χ0) is 14.5. The Morgan fingerprint density at radius 3 is 2.85 bits per heavy atom. The Hall–Kier alpha value is -1.95. The lowest BCUT2D eigenvalue weighted by Gasteiger charge is -2.20. The molecule has 0 aromatic heterocycles. The second-order valence-electron chi connectivity index (χ2n) is 4.77. The first kappa shape index (κ1) is 14.5. The molecule has 0 saturated carbocycles. The third-order valence-corrected chi connectivity index (χ3v) is 3.14. The van der Waals surface area contributed by atoms with Crippen LogP contribution in [0.2, 0.25) is 0 Å². The second-order valence-corrected chi connectivity index (χ2v) is 4.77. The number of nitrogens with zero attached hydrogens (tertiary/aromatic N) is 1. The van der Waals surface area contributed by atoms with Gasteiger partial charge in [-0.05, 0) is 31.2 Å². The van der Waals surface area contributed by atoms with Gasteiger partial charge in [0.15, 0.2) is 0 Å². The lowest BCUT2D eigenvalue weighted by Crippen LogP contribution is -2.34. The number of hydrogen-bond donors (Lipinski definition) is 2. The summed E-state index contributed by atoms with van der Waals surface area (Å²) in [6.07, 6.45) is 0.846. The fourth-order valence-corrected chi connectivity index (χ4v) is 2.19. The summed E-state index contributed by atoms with van der Waals surface area (Å²) in [4.78, 5) is 25.0. The Bertz CT molecular complexity index is 511. The number of carbonyl (C=O) groups excluding carboxylic acids is 2. The van der Waals surface area contributed by atoms with Crippen LogP contribution in [0.3, 0.4) is 0 Å². The molecule has 1 aromatic rings. The fraction of sp³-hybridized carbons (Fsp3) is 0.429. The summed E-state index contributed by atoms with van der Waals surface area (Å²) in [5, 5.41) is 5.74. The number of benzene rings is 1. The largest absolute Gasteiger partial charge is 0.337 e. The normalized spacial score (nSPS) is 15.6. The Balaban J connectivity index is 2.21. The predicted octanol–water partition coefficient (Wildman–Crippen LogP) is 1.22. The topological polar surface area (TPSA) is 61.4 Å². The van der Waals surface area contributed by atoms with E-state index in [4.69, 9.17) is 0 Å². The van der Waals surface area contributed by atoms with Gasteiger partial charge in [-0.25, -0.2) is 4.39 Å². The van der Waals surface area contributed by atoms with Crippen LogP contribution < -0.4 is 10.6 Å².